The number of carbonyl (C=O) groups excluding carboxylic acids is 1. The summed E-state index contributed by atoms with van der Waals surface area (Å²) in [5.41, 5.74) is 3.17. The van der Waals surface area contributed by atoms with Gasteiger partial charge in [0.05, 0.1) is 17.1 Å². The Morgan fingerprint density at radius 3 is 2.40 bits per heavy atom. The van der Waals surface area contributed by atoms with Crippen LogP contribution in [0.15, 0.2) is 54.6 Å². The van der Waals surface area contributed by atoms with Gasteiger partial charge in [0, 0.05) is 11.1 Å². The number of para-hydroxylation sites is 1. The fraction of sp³-hybridized carbons (Fsp3) is 0.238. The Balaban J connectivity index is 1.94. The normalized spacial score (nSPS) is 12.4. The fourth-order valence-corrected chi connectivity index (χ4v) is 2.79. The monoisotopic (exact) mass is 336 g/mol. The van der Waals surface area contributed by atoms with Crippen LogP contribution >= 0.6 is 0 Å². The van der Waals surface area contributed by atoms with Crippen molar-refractivity contribution in [1.29, 1.82) is 0 Å². The summed E-state index contributed by atoms with van der Waals surface area (Å²) < 4.78 is 13.1. The van der Waals surface area contributed by atoms with Crippen LogP contribution in [0, 0.1) is 5.82 Å². The quantitative estimate of drug-likeness (QED) is 0.729. The summed E-state index contributed by atoms with van der Waals surface area (Å²) in [5, 5.41) is 3.83. The van der Waals surface area contributed by atoms with Crippen LogP contribution in [-0.2, 0) is 0 Å². The van der Waals surface area contributed by atoms with E-state index in [1.165, 1.54) is 12.1 Å². The molecule has 1 aromatic heterocycles. The van der Waals surface area contributed by atoms with E-state index < -0.39 is 0 Å². The molecule has 0 aliphatic heterocycles. The number of aromatic nitrogens is 1. The van der Waals surface area contributed by atoms with Crippen LogP contribution in [-0.4, -0.2) is 10.9 Å². The first-order valence-electron chi connectivity index (χ1n) is 8.41. The number of hydrogen-bond acceptors (Lipinski definition) is 2. The summed E-state index contributed by atoms with van der Waals surface area (Å²) in [4.78, 5) is 17.5. The first-order valence-corrected chi connectivity index (χ1v) is 8.41. The smallest absolute Gasteiger partial charge is 0.252 e. The van der Waals surface area contributed by atoms with Crippen molar-refractivity contribution in [3.63, 3.8) is 0 Å². The van der Waals surface area contributed by atoms with E-state index in [0.29, 0.717) is 5.56 Å². The Morgan fingerprint density at radius 2 is 1.72 bits per heavy atom. The molecule has 128 valence electrons. The van der Waals surface area contributed by atoms with Crippen molar-refractivity contribution >= 4 is 16.8 Å². The van der Waals surface area contributed by atoms with Crippen molar-refractivity contribution in [2.24, 2.45) is 0 Å². The van der Waals surface area contributed by atoms with Crippen LogP contribution < -0.4 is 5.32 Å². The van der Waals surface area contributed by atoms with E-state index in [0.717, 1.165) is 22.2 Å². The minimum absolute atomic E-state index is 0.155. The van der Waals surface area contributed by atoms with Gasteiger partial charge in [0.2, 0.25) is 0 Å². The summed E-state index contributed by atoms with van der Waals surface area (Å²) in [7, 11) is 0. The number of nitrogens with zero attached hydrogens (tertiary/aromatic N) is 1. The molecule has 3 aromatic rings. The number of rotatable bonds is 4. The molecule has 0 saturated carbocycles. The van der Waals surface area contributed by atoms with E-state index in [2.05, 4.69) is 24.1 Å². The summed E-state index contributed by atoms with van der Waals surface area (Å²) >= 11 is 0. The molecule has 0 aliphatic carbocycles. The van der Waals surface area contributed by atoms with Crippen molar-refractivity contribution in [2.45, 2.75) is 32.7 Å². The molecule has 0 fully saturated rings. The molecule has 1 unspecified atom stereocenters. The van der Waals surface area contributed by atoms with Gasteiger partial charge in [0.25, 0.3) is 5.91 Å². The molecule has 0 bridgehead atoms. The Hall–Kier alpha value is -2.75. The number of nitrogens with one attached hydrogen (secondary N) is 1. The number of fused-ring (bicyclic) bond motifs is 1. The minimum Gasteiger partial charge on any atom is -0.345 e. The summed E-state index contributed by atoms with van der Waals surface area (Å²) in [6.45, 7) is 6.00. The molecule has 1 amide bonds. The van der Waals surface area contributed by atoms with Gasteiger partial charge in [-0.3, -0.25) is 9.78 Å². The molecule has 25 heavy (non-hydrogen) atoms. The SMILES string of the molecule is CC(C)c1cc(C(=O)NC(C)c2ccc(F)cc2)c2ccccc2n1. The summed E-state index contributed by atoms with van der Waals surface area (Å²) in [5.74, 6) is -0.216. The lowest BCUT2D eigenvalue weighted by Gasteiger charge is -2.16. The predicted molar refractivity (Wildman–Crippen MR) is 98.1 cm³/mol. The first-order chi connectivity index (χ1) is 12.0. The van der Waals surface area contributed by atoms with Gasteiger partial charge in [-0.15, -0.1) is 0 Å². The lowest BCUT2D eigenvalue weighted by atomic mass is 10.0. The number of amides is 1. The maximum atomic E-state index is 13.1. The molecule has 0 radical (unpaired) electrons. The number of hydrogen-bond donors (Lipinski definition) is 1. The van der Waals surface area contributed by atoms with E-state index in [4.69, 9.17) is 0 Å². The Morgan fingerprint density at radius 1 is 1.04 bits per heavy atom. The minimum atomic E-state index is -0.288. The van der Waals surface area contributed by atoms with E-state index >= 15 is 0 Å². The van der Waals surface area contributed by atoms with Crippen molar-refractivity contribution in [2.75, 3.05) is 0 Å². The van der Waals surface area contributed by atoms with Gasteiger partial charge < -0.3 is 5.32 Å². The average Bonchev–Trinajstić information content (AvgIpc) is 2.61. The third-order valence-electron chi connectivity index (χ3n) is 4.29. The van der Waals surface area contributed by atoms with E-state index in [9.17, 15) is 9.18 Å². The number of halogens is 1. The molecule has 0 aliphatic rings. The molecule has 0 spiro atoms. The van der Waals surface area contributed by atoms with Crippen molar-refractivity contribution in [1.82, 2.24) is 10.3 Å². The lowest BCUT2D eigenvalue weighted by Crippen LogP contribution is -2.27. The largest absolute Gasteiger partial charge is 0.345 e. The highest BCUT2D eigenvalue weighted by Gasteiger charge is 2.17. The number of benzene rings is 2. The molecule has 1 atom stereocenters. The molecular weight excluding hydrogens is 315 g/mol. The van der Waals surface area contributed by atoms with Gasteiger partial charge in [-0.25, -0.2) is 4.39 Å². The zero-order valence-corrected chi connectivity index (χ0v) is 14.6. The molecule has 3 nitrogen and oxygen atoms in total. The van der Waals surface area contributed by atoms with Crippen molar-refractivity contribution in [3.05, 3.63) is 77.2 Å². The van der Waals surface area contributed by atoms with Crippen LogP contribution in [0.3, 0.4) is 0 Å². The average molecular weight is 336 g/mol. The van der Waals surface area contributed by atoms with Crippen LogP contribution in [0.4, 0.5) is 4.39 Å². The molecule has 3 rings (SSSR count). The second kappa shape index (κ2) is 7.01. The fourth-order valence-electron chi connectivity index (χ4n) is 2.79. The van der Waals surface area contributed by atoms with E-state index in [-0.39, 0.29) is 23.7 Å². The Labute approximate surface area is 146 Å². The molecule has 1 N–H and O–H groups in total. The number of carbonyl (C=O) groups is 1. The highest BCUT2D eigenvalue weighted by molar-refractivity contribution is 6.06. The van der Waals surface area contributed by atoms with Gasteiger partial charge in [-0.05, 0) is 42.7 Å². The molecule has 4 heteroatoms. The van der Waals surface area contributed by atoms with E-state index in [1.807, 2.05) is 37.3 Å². The lowest BCUT2D eigenvalue weighted by molar-refractivity contribution is 0.0941. The van der Waals surface area contributed by atoms with Crippen LogP contribution in [0.2, 0.25) is 0 Å². The molecular formula is C21H21FN2O. The predicted octanol–water partition coefficient (Wildman–Crippen LogP) is 4.99. The zero-order valence-electron chi connectivity index (χ0n) is 14.6. The Bertz CT molecular complexity index is 903. The maximum absolute atomic E-state index is 13.1. The van der Waals surface area contributed by atoms with Gasteiger partial charge >= 0.3 is 0 Å². The highest BCUT2D eigenvalue weighted by atomic mass is 19.1. The third kappa shape index (κ3) is 3.68. The second-order valence-electron chi connectivity index (χ2n) is 6.51. The van der Waals surface area contributed by atoms with Crippen molar-refractivity contribution in [3.8, 4) is 0 Å². The highest BCUT2D eigenvalue weighted by Crippen LogP contribution is 2.23. The van der Waals surface area contributed by atoms with Crippen LogP contribution in [0.25, 0.3) is 10.9 Å². The molecule has 0 saturated heterocycles. The van der Waals surface area contributed by atoms with Gasteiger partial charge in [-0.1, -0.05) is 44.2 Å². The number of pyridine rings is 1. The van der Waals surface area contributed by atoms with Gasteiger partial charge in [0.15, 0.2) is 0 Å². The third-order valence-corrected chi connectivity index (χ3v) is 4.29. The van der Waals surface area contributed by atoms with Crippen LogP contribution in [0.5, 0.6) is 0 Å². The second-order valence-corrected chi connectivity index (χ2v) is 6.51. The molecule has 1 heterocycles. The van der Waals surface area contributed by atoms with Crippen LogP contribution in [0.1, 0.15) is 54.3 Å². The topological polar surface area (TPSA) is 42.0 Å². The molecule has 2 aromatic carbocycles. The first kappa shape index (κ1) is 17.1. The Kier molecular flexibility index (Phi) is 4.79. The van der Waals surface area contributed by atoms with Crippen molar-refractivity contribution < 1.29 is 9.18 Å². The maximum Gasteiger partial charge on any atom is 0.252 e. The summed E-state index contributed by atoms with van der Waals surface area (Å²) in [6, 6.07) is 15.5. The zero-order chi connectivity index (χ0) is 18.0. The standard InChI is InChI=1S/C21H21FN2O/c1-13(2)20-12-18(17-6-4-5-7-19(17)24-20)21(25)23-14(3)15-8-10-16(22)11-9-15/h4-14H,1-3H3,(H,23,25). The van der Waals surface area contributed by atoms with Gasteiger partial charge in [0.1, 0.15) is 5.82 Å². The van der Waals surface area contributed by atoms with Gasteiger partial charge in [-0.2, -0.15) is 0 Å². The summed E-state index contributed by atoms with van der Waals surface area (Å²) in [6.07, 6.45) is 0. The van der Waals surface area contributed by atoms with E-state index in [1.54, 1.807) is 12.1 Å².